The molecule has 0 aromatic rings. The Labute approximate surface area is 95.6 Å². The first-order valence-corrected chi connectivity index (χ1v) is 5.59. The molecule has 1 saturated heterocycles. The number of carboxylic acids is 1. The second kappa shape index (κ2) is 4.41. The minimum Gasteiger partial charge on any atom is -0.481 e. The monoisotopic (exact) mass is 228 g/mol. The Balaban J connectivity index is 2.83. The fraction of sp³-hybridized carbons (Fsp3) is 0.818. The SMILES string of the molecule is CC(N)C(=O)N1CCC(C(=O)O)(C(C)C)C1. The van der Waals surface area contributed by atoms with E-state index >= 15 is 0 Å². The molecule has 92 valence electrons. The van der Waals surface area contributed by atoms with Gasteiger partial charge in [0.25, 0.3) is 0 Å². The molecule has 1 rings (SSSR count). The van der Waals surface area contributed by atoms with Crippen molar-refractivity contribution in [3.8, 4) is 0 Å². The van der Waals surface area contributed by atoms with Gasteiger partial charge < -0.3 is 15.7 Å². The Bertz CT molecular complexity index is 302. The van der Waals surface area contributed by atoms with E-state index < -0.39 is 17.4 Å². The van der Waals surface area contributed by atoms with Crippen molar-refractivity contribution >= 4 is 11.9 Å². The van der Waals surface area contributed by atoms with Crippen molar-refractivity contribution in [2.24, 2.45) is 17.1 Å². The van der Waals surface area contributed by atoms with Crippen LogP contribution in [0.15, 0.2) is 0 Å². The Morgan fingerprint density at radius 3 is 2.25 bits per heavy atom. The number of nitrogens with two attached hydrogens (primary N) is 1. The Morgan fingerprint density at radius 1 is 1.38 bits per heavy atom. The van der Waals surface area contributed by atoms with Gasteiger partial charge in [-0.1, -0.05) is 13.8 Å². The first-order valence-electron chi connectivity index (χ1n) is 5.59. The van der Waals surface area contributed by atoms with E-state index in [0.29, 0.717) is 13.0 Å². The third-order valence-corrected chi connectivity index (χ3v) is 3.53. The highest BCUT2D eigenvalue weighted by atomic mass is 16.4. The molecule has 2 unspecified atom stereocenters. The zero-order valence-electron chi connectivity index (χ0n) is 10.1. The maximum absolute atomic E-state index is 11.7. The summed E-state index contributed by atoms with van der Waals surface area (Å²) in [7, 11) is 0. The fourth-order valence-electron chi connectivity index (χ4n) is 2.20. The molecular weight excluding hydrogens is 208 g/mol. The molecule has 0 radical (unpaired) electrons. The van der Waals surface area contributed by atoms with Gasteiger partial charge in [0.2, 0.25) is 5.91 Å². The number of hydrogen-bond donors (Lipinski definition) is 2. The van der Waals surface area contributed by atoms with Crippen LogP contribution < -0.4 is 5.73 Å². The predicted molar refractivity (Wildman–Crippen MR) is 59.8 cm³/mol. The summed E-state index contributed by atoms with van der Waals surface area (Å²) in [6.07, 6.45) is 0.512. The van der Waals surface area contributed by atoms with Gasteiger partial charge in [-0.05, 0) is 19.3 Å². The first kappa shape index (κ1) is 13.0. The zero-order valence-corrected chi connectivity index (χ0v) is 10.1. The minimum atomic E-state index is -0.817. The summed E-state index contributed by atoms with van der Waals surface area (Å²) in [6, 6.07) is -0.559. The van der Waals surface area contributed by atoms with Gasteiger partial charge in [0, 0.05) is 13.1 Å². The number of amides is 1. The second-order valence-corrected chi connectivity index (χ2v) is 4.91. The van der Waals surface area contributed by atoms with Crippen LogP contribution in [0.5, 0.6) is 0 Å². The van der Waals surface area contributed by atoms with Gasteiger partial charge in [-0.25, -0.2) is 0 Å². The molecule has 5 heteroatoms. The van der Waals surface area contributed by atoms with Crippen molar-refractivity contribution in [1.82, 2.24) is 4.90 Å². The molecule has 1 heterocycles. The van der Waals surface area contributed by atoms with E-state index in [1.807, 2.05) is 13.8 Å². The van der Waals surface area contributed by atoms with Crippen LogP contribution in [0.4, 0.5) is 0 Å². The van der Waals surface area contributed by atoms with E-state index in [1.54, 1.807) is 11.8 Å². The molecule has 5 nitrogen and oxygen atoms in total. The molecule has 0 aromatic carbocycles. The molecule has 1 aliphatic rings. The standard InChI is InChI=1S/C11H20N2O3/c1-7(2)11(10(15)16)4-5-13(6-11)9(14)8(3)12/h7-8H,4-6,12H2,1-3H3,(H,15,16). The van der Waals surface area contributed by atoms with Crippen LogP contribution in [0.3, 0.4) is 0 Å². The summed E-state index contributed by atoms with van der Waals surface area (Å²) < 4.78 is 0. The van der Waals surface area contributed by atoms with Crippen molar-refractivity contribution in [2.75, 3.05) is 13.1 Å². The number of carbonyl (C=O) groups excluding carboxylic acids is 1. The van der Waals surface area contributed by atoms with E-state index in [0.717, 1.165) is 0 Å². The lowest BCUT2D eigenvalue weighted by molar-refractivity contribution is -0.151. The number of rotatable bonds is 3. The summed E-state index contributed by atoms with van der Waals surface area (Å²) in [5.74, 6) is -0.970. The van der Waals surface area contributed by atoms with Gasteiger partial charge in [-0.3, -0.25) is 9.59 Å². The third-order valence-electron chi connectivity index (χ3n) is 3.53. The number of carbonyl (C=O) groups is 2. The molecule has 0 saturated carbocycles. The molecular formula is C11H20N2O3. The van der Waals surface area contributed by atoms with Gasteiger partial charge in [0.15, 0.2) is 0 Å². The third kappa shape index (κ3) is 2.04. The van der Waals surface area contributed by atoms with Crippen LogP contribution in [-0.2, 0) is 9.59 Å². The largest absolute Gasteiger partial charge is 0.481 e. The van der Waals surface area contributed by atoms with Crippen LogP contribution in [0.2, 0.25) is 0 Å². The Kier molecular flexibility index (Phi) is 3.57. The second-order valence-electron chi connectivity index (χ2n) is 4.91. The molecule has 1 fully saturated rings. The molecule has 0 spiro atoms. The normalized spacial score (nSPS) is 27.2. The number of likely N-dealkylation sites (tertiary alicyclic amines) is 1. The van der Waals surface area contributed by atoms with Gasteiger partial charge in [0.1, 0.15) is 0 Å². The molecule has 3 N–H and O–H groups in total. The summed E-state index contributed by atoms with van der Waals surface area (Å²) in [4.78, 5) is 24.6. The average molecular weight is 228 g/mol. The van der Waals surface area contributed by atoms with Crippen molar-refractivity contribution in [3.63, 3.8) is 0 Å². The lowest BCUT2D eigenvalue weighted by Gasteiger charge is -2.29. The summed E-state index contributed by atoms with van der Waals surface area (Å²) in [5, 5.41) is 9.30. The molecule has 1 amide bonds. The smallest absolute Gasteiger partial charge is 0.311 e. The van der Waals surface area contributed by atoms with Gasteiger partial charge >= 0.3 is 5.97 Å². The Morgan fingerprint density at radius 2 is 1.94 bits per heavy atom. The highest BCUT2D eigenvalue weighted by Gasteiger charge is 2.48. The van der Waals surface area contributed by atoms with E-state index in [1.165, 1.54) is 0 Å². The van der Waals surface area contributed by atoms with Crippen LogP contribution in [0.1, 0.15) is 27.2 Å². The quantitative estimate of drug-likeness (QED) is 0.727. The molecule has 2 atom stereocenters. The highest BCUT2D eigenvalue weighted by Crippen LogP contribution is 2.38. The van der Waals surface area contributed by atoms with Gasteiger partial charge in [-0.2, -0.15) is 0 Å². The molecule has 1 aliphatic heterocycles. The van der Waals surface area contributed by atoms with Gasteiger partial charge in [0.05, 0.1) is 11.5 Å². The van der Waals surface area contributed by atoms with E-state index in [9.17, 15) is 14.7 Å². The number of carboxylic acid groups (broad SMARTS) is 1. The maximum Gasteiger partial charge on any atom is 0.311 e. The van der Waals surface area contributed by atoms with Crippen LogP contribution in [-0.4, -0.2) is 41.0 Å². The molecule has 0 aromatic heterocycles. The van der Waals surface area contributed by atoms with E-state index in [2.05, 4.69) is 0 Å². The fourth-order valence-corrected chi connectivity index (χ4v) is 2.20. The maximum atomic E-state index is 11.7. The van der Waals surface area contributed by atoms with Crippen LogP contribution in [0, 0.1) is 11.3 Å². The zero-order chi connectivity index (χ0) is 12.5. The summed E-state index contributed by atoms with van der Waals surface area (Å²) in [6.45, 7) is 6.16. The van der Waals surface area contributed by atoms with Crippen molar-refractivity contribution < 1.29 is 14.7 Å². The van der Waals surface area contributed by atoms with Crippen molar-refractivity contribution in [3.05, 3.63) is 0 Å². The minimum absolute atomic E-state index is 0.0101. The molecule has 0 bridgehead atoms. The Hall–Kier alpha value is -1.10. The molecule has 0 aliphatic carbocycles. The van der Waals surface area contributed by atoms with E-state index in [4.69, 9.17) is 5.73 Å². The first-order chi connectivity index (χ1) is 7.31. The topological polar surface area (TPSA) is 83.6 Å². The average Bonchev–Trinajstić information content (AvgIpc) is 2.61. The summed E-state index contributed by atoms with van der Waals surface area (Å²) >= 11 is 0. The van der Waals surface area contributed by atoms with Crippen molar-refractivity contribution in [2.45, 2.75) is 33.2 Å². The van der Waals surface area contributed by atoms with E-state index in [-0.39, 0.29) is 18.4 Å². The lowest BCUT2D eigenvalue weighted by atomic mass is 9.76. The van der Waals surface area contributed by atoms with Crippen molar-refractivity contribution in [1.29, 1.82) is 0 Å². The van der Waals surface area contributed by atoms with Gasteiger partial charge in [-0.15, -0.1) is 0 Å². The lowest BCUT2D eigenvalue weighted by Crippen LogP contribution is -2.44. The molecule has 16 heavy (non-hydrogen) atoms. The summed E-state index contributed by atoms with van der Waals surface area (Å²) in [5.41, 5.74) is 4.72. The van der Waals surface area contributed by atoms with Crippen LogP contribution >= 0.6 is 0 Å². The van der Waals surface area contributed by atoms with Crippen LogP contribution in [0.25, 0.3) is 0 Å². The number of aliphatic carboxylic acids is 1. The number of hydrogen-bond acceptors (Lipinski definition) is 3. The number of nitrogens with zero attached hydrogens (tertiary/aromatic N) is 1. The highest BCUT2D eigenvalue weighted by molar-refractivity contribution is 5.83. The predicted octanol–water partition coefficient (Wildman–Crippen LogP) is 0.293.